The van der Waals surface area contributed by atoms with Crippen molar-refractivity contribution >= 4 is 23.2 Å². The van der Waals surface area contributed by atoms with Crippen molar-refractivity contribution in [1.29, 1.82) is 0 Å². The number of hydrogen-bond donors (Lipinski definition) is 0. The zero-order chi connectivity index (χ0) is 16.3. The maximum Gasteiger partial charge on any atom is 0.288 e. The van der Waals surface area contributed by atoms with E-state index in [2.05, 4.69) is 5.10 Å². The number of nitrogens with zero attached hydrogens (tertiary/aromatic N) is 3. The number of aromatic nitrogens is 2. The van der Waals surface area contributed by atoms with E-state index in [0.717, 1.165) is 5.56 Å². The van der Waals surface area contributed by atoms with Gasteiger partial charge in [-0.05, 0) is 24.7 Å². The molecule has 5 nitrogen and oxygen atoms in total. The molecule has 0 fully saturated rings. The zero-order valence-corrected chi connectivity index (χ0v) is 13.5. The summed E-state index contributed by atoms with van der Waals surface area (Å²) in [5, 5.41) is 3.96. The van der Waals surface area contributed by atoms with Crippen LogP contribution < -0.4 is 10.3 Å². The van der Waals surface area contributed by atoms with E-state index in [1.807, 2.05) is 0 Å². The standard InChI is InChI=1S/C14H14Cl2FN3O2/c1-19(7-9-3-4-12(22-2)11(17)5-9)8-20-14(21)13(16)10(15)6-18-20/h3-6H,7-8H2,1-2H3. The molecule has 8 heteroatoms. The number of rotatable bonds is 5. The van der Waals surface area contributed by atoms with Gasteiger partial charge in [0.1, 0.15) is 5.02 Å². The smallest absolute Gasteiger partial charge is 0.288 e. The fraction of sp³-hybridized carbons (Fsp3) is 0.286. The summed E-state index contributed by atoms with van der Waals surface area (Å²) >= 11 is 11.5. The molecule has 2 rings (SSSR count). The molecule has 0 aliphatic carbocycles. The lowest BCUT2D eigenvalue weighted by molar-refractivity contribution is 0.239. The Morgan fingerprint density at radius 3 is 2.77 bits per heavy atom. The highest BCUT2D eigenvalue weighted by Gasteiger charge is 2.10. The molecule has 22 heavy (non-hydrogen) atoms. The molecular weight excluding hydrogens is 332 g/mol. The minimum Gasteiger partial charge on any atom is -0.494 e. The molecule has 118 valence electrons. The van der Waals surface area contributed by atoms with E-state index < -0.39 is 11.4 Å². The highest BCUT2D eigenvalue weighted by Crippen LogP contribution is 2.18. The molecule has 0 spiro atoms. The lowest BCUT2D eigenvalue weighted by atomic mass is 10.2. The lowest BCUT2D eigenvalue weighted by Crippen LogP contribution is -2.31. The molecule has 0 N–H and O–H groups in total. The van der Waals surface area contributed by atoms with Crippen molar-refractivity contribution in [2.75, 3.05) is 14.2 Å². The number of benzene rings is 1. The van der Waals surface area contributed by atoms with Crippen molar-refractivity contribution < 1.29 is 9.13 Å². The van der Waals surface area contributed by atoms with Gasteiger partial charge in [0.25, 0.3) is 5.56 Å². The van der Waals surface area contributed by atoms with E-state index in [9.17, 15) is 9.18 Å². The Balaban J connectivity index is 2.10. The fourth-order valence-corrected chi connectivity index (χ4v) is 2.22. The van der Waals surface area contributed by atoms with Crippen molar-refractivity contribution in [2.24, 2.45) is 0 Å². The van der Waals surface area contributed by atoms with Crippen molar-refractivity contribution in [2.45, 2.75) is 13.2 Å². The third-order valence-electron chi connectivity index (χ3n) is 2.99. The highest BCUT2D eigenvalue weighted by molar-refractivity contribution is 6.41. The van der Waals surface area contributed by atoms with Gasteiger partial charge < -0.3 is 4.74 Å². The van der Waals surface area contributed by atoms with Crippen LogP contribution in [0.25, 0.3) is 0 Å². The molecule has 1 aromatic carbocycles. The summed E-state index contributed by atoms with van der Waals surface area (Å²) in [5.74, 6) is -0.244. The van der Waals surface area contributed by atoms with Gasteiger partial charge in [0.15, 0.2) is 11.6 Å². The summed E-state index contributed by atoms with van der Waals surface area (Å²) in [5.41, 5.74) is 0.274. The lowest BCUT2D eigenvalue weighted by Gasteiger charge is -2.17. The van der Waals surface area contributed by atoms with E-state index in [0.29, 0.717) is 6.54 Å². The summed E-state index contributed by atoms with van der Waals surface area (Å²) in [6.45, 7) is 0.624. The minimum atomic E-state index is -0.470. The number of methoxy groups -OCH3 is 1. The van der Waals surface area contributed by atoms with Crippen LogP contribution in [0.4, 0.5) is 4.39 Å². The molecule has 2 aromatic rings. The minimum absolute atomic E-state index is 0.0689. The molecule has 1 aromatic heterocycles. The quantitative estimate of drug-likeness (QED) is 0.835. The van der Waals surface area contributed by atoms with Crippen molar-refractivity contribution in [3.05, 3.63) is 56.2 Å². The normalized spacial score (nSPS) is 11.0. The van der Waals surface area contributed by atoms with Crippen LogP contribution in [-0.2, 0) is 13.2 Å². The van der Waals surface area contributed by atoms with Gasteiger partial charge in [-0.15, -0.1) is 0 Å². The summed E-state index contributed by atoms with van der Waals surface area (Å²) in [6.07, 6.45) is 1.31. The third-order valence-corrected chi connectivity index (χ3v) is 3.73. The monoisotopic (exact) mass is 345 g/mol. The SMILES string of the molecule is COc1ccc(CN(C)Cn2ncc(Cl)c(Cl)c2=O)cc1F. The molecule has 0 unspecified atom stereocenters. The largest absolute Gasteiger partial charge is 0.494 e. The average Bonchev–Trinajstić information content (AvgIpc) is 2.48. The van der Waals surface area contributed by atoms with Gasteiger partial charge in [-0.3, -0.25) is 9.69 Å². The predicted molar refractivity (Wildman–Crippen MR) is 82.9 cm³/mol. The van der Waals surface area contributed by atoms with E-state index in [4.69, 9.17) is 27.9 Å². The Morgan fingerprint density at radius 1 is 1.41 bits per heavy atom. The molecule has 0 saturated heterocycles. The second-order valence-electron chi connectivity index (χ2n) is 4.74. The molecule has 0 aliphatic heterocycles. The maximum absolute atomic E-state index is 13.6. The first-order valence-corrected chi connectivity index (χ1v) is 7.10. The molecule has 0 radical (unpaired) electrons. The van der Waals surface area contributed by atoms with Crippen LogP contribution >= 0.6 is 23.2 Å². The first-order valence-electron chi connectivity index (χ1n) is 6.34. The second kappa shape index (κ2) is 7.09. The summed E-state index contributed by atoms with van der Waals surface area (Å²) in [6, 6.07) is 4.70. The van der Waals surface area contributed by atoms with Crippen molar-refractivity contribution in [1.82, 2.24) is 14.7 Å². The van der Waals surface area contributed by atoms with E-state index >= 15 is 0 Å². The van der Waals surface area contributed by atoms with Crippen molar-refractivity contribution in [3.8, 4) is 5.75 Å². The van der Waals surface area contributed by atoms with Crippen LogP contribution in [0.15, 0.2) is 29.2 Å². The van der Waals surface area contributed by atoms with Gasteiger partial charge in [0.05, 0.1) is 25.0 Å². The molecule has 0 atom stereocenters. The Bertz CT molecular complexity index is 737. The summed E-state index contributed by atoms with van der Waals surface area (Å²) < 4.78 is 19.7. The first kappa shape index (κ1) is 16.7. The number of halogens is 3. The van der Waals surface area contributed by atoms with Crippen molar-refractivity contribution in [3.63, 3.8) is 0 Å². The van der Waals surface area contributed by atoms with Gasteiger partial charge in [-0.1, -0.05) is 29.3 Å². The summed E-state index contributed by atoms with van der Waals surface area (Å²) in [7, 11) is 3.19. The molecule has 1 heterocycles. The van der Waals surface area contributed by atoms with E-state index in [1.54, 1.807) is 24.1 Å². The second-order valence-corrected chi connectivity index (χ2v) is 5.52. The first-order chi connectivity index (χ1) is 10.4. The van der Waals surface area contributed by atoms with Crippen LogP contribution in [0.5, 0.6) is 5.75 Å². The topological polar surface area (TPSA) is 47.4 Å². The fourth-order valence-electron chi connectivity index (χ4n) is 1.94. The van der Waals surface area contributed by atoms with Crippen LogP contribution in [0, 0.1) is 5.82 Å². The van der Waals surface area contributed by atoms with Crippen LogP contribution in [0.1, 0.15) is 5.56 Å². The van der Waals surface area contributed by atoms with Gasteiger partial charge in [0, 0.05) is 6.54 Å². The Labute approximate surface area is 136 Å². The maximum atomic E-state index is 13.6. The summed E-state index contributed by atoms with van der Waals surface area (Å²) in [4.78, 5) is 13.7. The molecule has 0 aliphatic rings. The Hall–Kier alpha value is -1.63. The molecule has 0 amide bonds. The van der Waals surface area contributed by atoms with Crippen LogP contribution in [0.2, 0.25) is 10.0 Å². The Kier molecular flexibility index (Phi) is 5.39. The molecule has 0 saturated carbocycles. The van der Waals surface area contributed by atoms with E-state index in [-0.39, 0.29) is 22.5 Å². The van der Waals surface area contributed by atoms with Crippen LogP contribution in [0.3, 0.4) is 0 Å². The van der Waals surface area contributed by atoms with E-state index in [1.165, 1.54) is 24.1 Å². The highest BCUT2D eigenvalue weighted by atomic mass is 35.5. The predicted octanol–water partition coefficient (Wildman–Crippen LogP) is 2.79. The molecule has 0 bridgehead atoms. The molecular formula is C14H14Cl2FN3O2. The third kappa shape index (κ3) is 3.76. The van der Waals surface area contributed by atoms with Gasteiger partial charge in [-0.2, -0.15) is 5.10 Å². The zero-order valence-electron chi connectivity index (χ0n) is 12.0. The average molecular weight is 346 g/mol. The number of hydrogen-bond acceptors (Lipinski definition) is 4. The number of ether oxygens (including phenoxy) is 1. The van der Waals surface area contributed by atoms with Gasteiger partial charge in [-0.25, -0.2) is 9.07 Å². The Morgan fingerprint density at radius 2 is 2.14 bits per heavy atom. The van der Waals surface area contributed by atoms with Crippen LogP contribution in [-0.4, -0.2) is 28.8 Å². The van der Waals surface area contributed by atoms with Gasteiger partial charge in [0.2, 0.25) is 0 Å². The van der Waals surface area contributed by atoms with Gasteiger partial charge >= 0.3 is 0 Å².